The van der Waals surface area contributed by atoms with Gasteiger partial charge in [0.05, 0.1) is 12.6 Å². The summed E-state index contributed by atoms with van der Waals surface area (Å²) in [5.41, 5.74) is 4.01. The lowest BCUT2D eigenvalue weighted by atomic mass is 10.0. The summed E-state index contributed by atoms with van der Waals surface area (Å²) in [4.78, 5) is 17.8. The van der Waals surface area contributed by atoms with Crippen LogP contribution < -0.4 is 9.64 Å². The van der Waals surface area contributed by atoms with Crippen molar-refractivity contribution in [2.45, 2.75) is 18.8 Å². The van der Waals surface area contributed by atoms with Gasteiger partial charge in [-0.05, 0) is 59.7 Å². The van der Waals surface area contributed by atoms with Crippen LogP contribution in [-0.4, -0.2) is 33.0 Å². The van der Waals surface area contributed by atoms with Crippen molar-refractivity contribution in [1.82, 2.24) is 19.9 Å². The SMILES string of the molecule is COc1ccc(N2C(=O)N(Cc3ccccc3)C(n3nnc4ccccc43)C2c2ccc(F)cc2)cc1. The highest BCUT2D eigenvalue weighted by molar-refractivity contribution is 5.96. The second-order valence-corrected chi connectivity index (χ2v) is 8.90. The number of methoxy groups -OCH3 is 1. The molecule has 4 aromatic carbocycles. The molecule has 2 amide bonds. The highest BCUT2D eigenvalue weighted by Crippen LogP contribution is 2.46. The molecule has 5 aromatic rings. The van der Waals surface area contributed by atoms with Gasteiger partial charge in [-0.15, -0.1) is 5.10 Å². The summed E-state index contributed by atoms with van der Waals surface area (Å²) in [5, 5.41) is 8.88. The van der Waals surface area contributed by atoms with Crippen molar-refractivity contribution in [3.05, 3.63) is 120 Å². The van der Waals surface area contributed by atoms with Gasteiger partial charge in [0.25, 0.3) is 0 Å². The maximum Gasteiger partial charge on any atom is 0.327 e. The number of rotatable bonds is 6. The van der Waals surface area contributed by atoms with Gasteiger partial charge >= 0.3 is 6.03 Å². The summed E-state index contributed by atoms with van der Waals surface area (Å²) in [6, 6.07) is 30.5. The van der Waals surface area contributed by atoms with E-state index in [1.807, 2.05) is 78.9 Å². The number of carbonyl (C=O) groups is 1. The minimum Gasteiger partial charge on any atom is -0.497 e. The molecule has 1 saturated heterocycles. The van der Waals surface area contributed by atoms with Gasteiger partial charge < -0.3 is 4.74 Å². The number of fused-ring (bicyclic) bond motifs is 1. The number of aromatic nitrogens is 3. The van der Waals surface area contributed by atoms with Crippen LogP contribution in [0.1, 0.15) is 23.3 Å². The smallest absolute Gasteiger partial charge is 0.327 e. The molecular formula is C29H24FN5O2. The van der Waals surface area contributed by atoms with E-state index >= 15 is 0 Å². The largest absolute Gasteiger partial charge is 0.497 e. The first kappa shape index (κ1) is 22.7. The third-order valence-corrected chi connectivity index (χ3v) is 6.72. The normalized spacial score (nSPS) is 17.5. The summed E-state index contributed by atoms with van der Waals surface area (Å²) >= 11 is 0. The van der Waals surface area contributed by atoms with E-state index in [1.165, 1.54) is 12.1 Å². The minimum atomic E-state index is -0.548. The minimum absolute atomic E-state index is 0.187. The second kappa shape index (κ2) is 9.39. The van der Waals surface area contributed by atoms with Crippen molar-refractivity contribution in [3.8, 4) is 5.75 Å². The van der Waals surface area contributed by atoms with Gasteiger partial charge in [0.1, 0.15) is 23.1 Å². The van der Waals surface area contributed by atoms with E-state index < -0.39 is 12.2 Å². The molecule has 0 radical (unpaired) electrons. The Kier molecular flexibility index (Phi) is 5.76. The van der Waals surface area contributed by atoms with E-state index in [9.17, 15) is 9.18 Å². The van der Waals surface area contributed by atoms with Gasteiger partial charge in [-0.2, -0.15) is 0 Å². The molecule has 0 spiro atoms. The van der Waals surface area contributed by atoms with Gasteiger partial charge in [0.15, 0.2) is 6.17 Å². The van der Waals surface area contributed by atoms with Crippen LogP contribution in [0.25, 0.3) is 11.0 Å². The predicted molar refractivity (Wildman–Crippen MR) is 139 cm³/mol. The number of halogens is 1. The molecule has 1 aromatic heterocycles. The Labute approximate surface area is 213 Å². The molecule has 37 heavy (non-hydrogen) atoms. The fourth-order valence-electron chi connectivity index (χ4n) is 4.96. The molecular weight excluding hydrogens is 469 g/mol. The molecule has 1 aliphatic heterocycles. The quantitative estimate of drug-likeness (QED) is 0.293. The number of ether oxygens (including phenoxy) is 1. The molecule has 184 valence electrons. The number of nitrogens with zero attached hydrogens (tertiary/aromatic N) is 5. The molecule has 6 rings (SSSR count). The van der Waals surface area contributed by atoms with Crippen LogP contribution in [0.5, 0.6) is 5.75 Å². The second-order valence-electron chi connectivity index (χ2n) is 8.90. The van der Waals surface area contributed by atoms with Crippen LogP contribution in [-0.2, 0) is 6.54 Å². The fourth-order valence-corrected chi connectivity index (χ4v) is 4.96. The van der Waals surface area contributed by atoms with Crippen molar-refractivity contribution in [2.24, 2.45) is 0 Å². The van der Waals surface area contributed by atoms with E-state index in [0.29, 0.717) is 18.0 Å². The fraction of sp³-hybridized carbons (Fsp3) is 0.138. The van der Waals surface area contributed by atoms with Crippen molar-refractivity contribution in [3.63, 3.8) is 0 Å². The van der Waals surface area contributed by atoms with Crippen molar-refractivity contribution >= 4 is 22.8 Å². The van der Waals surface area contributed by atoms with Crippen molar-refractivity contribution in [1.29, 1.82) is 0 Å². The maximum atomic E-state index is 14.2. The Morgan fingerprint density at radius 2 is 1.57 bits per heavy atom. The average Bonchev–Trinajstić information content (AvgIpc) is 3.48. The molecule has 1 fully saturated rings. The standard InChI is InChI=1S/C29H24FN5O2/c1-37-24-17-15-23(16-18-24)34-27(21-11-13-22(30)14-12-21)28(35-26-10-6-5-9-25(26)31-32-35)33(29(34)36)19-20-7-3-2-4-8-20/h2-18,27-28H,19H2,1H3. The van der Waals surface area contributed by atoms with Crippen LogP contribution in [0.4, 0.5) is 14.9 Å². The van der Waals surface area contributed by atoms with E-state index in [1.54, 1.807) is 33.7 Å². The van der Waals surface area contributed by atoms with E-state index in [4.69, 9.17) is 4.74 Å². The third kappa shape index (κ3) is 4.06. The molecule has 7 nitrogen and oxygen atoms in total. The highest BCUT2D eigenvalue weighted by atomic mass is 19.1. The molecule has 0 aliphatic carbocycles. The van der Waals surface area contributed by atoms with Gasteiger partial charge in [-0.25, -0.2) is 13.9 Å². The van der Waals surface area contributed by atoms with Crippen molar-refractivity contribution < 1.29 is 13.9 Å². The molecule has 0 saturated carbocycles. The first-order valence-corrected chi connectivity index (χ1v) is 12.0. The predicted octanol–water partition coefficient (Wildman–Crippen LogP) is 5.96. The monoisotopic (exact) mass is 493 g/mol. The number of urea groups is 1. The van der Waals surface area contributed by atoms with Crippen LogP contribution in [0.15, 0.2) is 103 Å². The first-order valence-electron chi connectivity index (χ1n) is 12.0. The summed E-state index contributed by atoms with van der Waals surface area (Å²) in [6.07, 6.45) is -0.548. The van der Waals surface area contributed by atoms with E-state index in [0.717, 1.165) is 22.2 Å². The maximum absolute atomic E-state index is 14.2. The van der Waals surface area contributed by atoms with Crippen LogP contribution in [0, 0.1) is 5.82 Å². The molecule has 2 atom stereocenters. The van der Waals surface area contributed by atoms with Gasteiger partial charge in [0.2, 0.25) is 0 Å². The topological polar surface area (TPSA) is 63.5 Å². The summed E-state index contributed by atoms with van der Waals surface area (Å²) in [7, 11) is 1.60. The zero-order valence-corrected chi connectivity index (χ0v) is 20.1. The van der Waals surface area contributed by atoms with Gasteiger partial charge in [-0.1, -0.05) is 59.8 Å². The highest BCUT2D eigenvalue weighted by Gasteiger charge is 2.49. The van der Waals surface area contributed by atoms with Gasteiger partial charge in [-0.3, -0.25) is 9.80 Å². The van der Waals surface area contributed by atoms with Crippen LogP contribution in [0.3, 0.4) is 0 Å². The molecule has 0 bridgehead atoms. The Balaban J connectivity index is 1.56. The molecule has 2 heterocycles. The number of amides is 2. The zero-order chi connectivity index (χ0) is 25.4. The number of anilines is 1. The number of para-hydroxylation sites is 1. The molecule has 2 unspecified atom stereocenters. The van der Waals surface area contributed by atoms with Gasteiger partial charge in [0, 0.05) is 12.2 Å². The molecule has 1 aliphatic rings. The first-order chi connectivity index (χ1) is 18.1. The Hall–Kier alpha value is -4.72. The summed E-state index contributed by atoms with van der Waals surface area (Å²) in [6.45, 7) is 0.364. The summed E-state index contributed by atoms with van der Waals surface area (Å²) < 4.78 is 21.1. The van der Waals surface area contributed by atoms with Crippen LogP contribution in [0.2, 0.25) is 0 Å². The lowest BCUT2D eigenvalue weighted by Gasteiger charge is -2.29. The summed E-state index contributed by atoms with van der Waals surface area (Å²) in [5.74, 6) is 0.349. The lowest BCUT2D eigenvalue weighted by molar-refractivity contribution is 0.163. The Morgan fingerprint density at radius 3 is 2.30 bits per heavy atom. The number of hydrogen-bond donors (Lipinski definition) is 0. The number of carbonyl (C=O) groups excluding carboxylic acids is 1. The average molecular weight is 494 g/mol. The molecule has 0 N–H and O–H groups in total. The Bertz CT molecular complexity index is 1540. The van der Waals surface area contributed by atoms with Crippen LogP contribution >= 0.6 is 0 Å². The lowest BCUT2D eigenvalue weighted by Crippen LogP contribution is -2.33. The van der Waals surface area contributed by atoms with E-state index in [-0.39, 0.29) is 11.8 Å². The van der Waals surface area contributed by atoms with Crippen molar-refractivity contribution in [2.75, 3.05) is 12.0 Å². The van der Waals surface area contributed by atoms with E-state index in [2.05, 4.69) is 10.3 Å². The molecule has 8 heteroatoms. The third-order valence-electron chi connectivity index (χ3n) is 6.72. The number of hydrogen-bond acceptors (Lipinski definition) is 4. The number of benzene rings is 4. The Morgan fingerprint density at radius 1 is 0.865 bits per heavy atom. The zero-order valence-electron chi connectivity index (χ0n) is 20.1.